The van der Waals surface area contributed by atoms with Crippen molar-refractivity contribution in [2.45, 2.75) is 6.42 Å². The molecule has 0 radical (unpaired) electrons. The maximum Gasteiger partial charge on any atom is 0.124 e. The highest BCUT2D eigenvalue weighted by atomic mass is 16.3. The van der Waals surface area contributed by atoms with Crippen LogP contribution in [0.3, 0.4) is 0 Å². The zero-order valence-electron chi connectivity index (χ0n) is 13.4. The van der Waals surface area contributed by atoms with Crippen LogP contribution in [0.25, 0.3) is 32.7 Å². The van der Waals surface area contributed by atoms with Crippen LogP contribution in [0.2, 0.25) is 0 Å². The third-order valence-corrected chi connectivity index (χ3v) is 4.54. The van der Waals surface area contributed by atoms with Gasteiger partial charge in [-0.25, -0.2) is 0 Å². The lowest BCUT2D eigenvalue weighted by atomic mass is 9.91. The van der Waals surface area contributed by atoms with E-state index >= 15 is 0 Å². The second-order valence-corrected chi connectivity index (χ2v) is 6.07. The van der Waals surface area contributed by atoms with Crippen molar-refractivity contribution in [3.8, 4) is 22.6 Å². The fraction of sp³-hybridized carbons (Fsp3) is 0.0455. The van der Waals surface area contributed by atoms with E-state index in [2.05, 4.69) is 0 Å². The molecule has 0 atom stereocenters. The number of hydrogen-bond donors (Lipinski definition) is 2. The van der Waals surface area contributed by atoms with Gasteiger partial charge in [0.05, 0.1) is 0 Å². The second kappa shape index (κ2) is 5.95. The minimum absolute atomic E-state index is 0.113. The summed E-state index contributed by atoms with van der Waals surface area (Å²) in [5, 5.41) is 24.7. The zero-order valence-corrected chi connectivity index (χ0v) is 13.4. The molecule has 0 saturated carbocycles. The molecule has 122 valence electrons. The third kappa shape index (κ3) is 2.50. The van der Waals surface area contributed by atoms with Gasteiger partial charge >= 0.3 is 0 Å². The van der Waals surface area contributed by atoms with Crippen LogP contribution < -0.4 is 0 Å². The summed E-state index contributed by atoms with van der Waals surface area (Å²) in [6, 6.07) is 20.4. The minimum Gasteiger partial charge on any atom is -0.507 e. The Bertz CT molecular complexity index is 1110. The van der Waals surface area contributed by atoms with Gasteiger partial charge in [0.1, 0.15) is 17.8 Å². The van der Waals surface area contributed by atoms with Crippen LogP contribution in [0.15, 0.2) is 66.7 Å². The molecule has 3 heteroatoms. The Balaban J connectivity index is 2.09. The molecule has 25 heavy (non-hydrogen) atoms. The van der Waals surface area contributed by atoms with Gasteiger partial charge in [-0.1, -0.05) is 54.6 Å². The van der Waals surface area contributed by atoms with Gasteiger partial charge in [-0.05, 0) is 39.2 Å². The third-order valence-electron chi connectivity index (χ3n) is 4.54. The number of fused-ring (bicyclic) bond motifs is 2. The number of benzene rings is 4. The first-order valence-electron chi connectivity index (χ1n) is 8.08. The van der Waals surface area contributed by atoms with Crippen LogP contribution in [0, 0.1) is 0 Å². The van der Waals surface area contributed by atoms with Gasteiger partial charge in [0.15, 0.2) is 0 Å². The molecule has 0 fully saturated rings. The molecule has 4 aromatic carbocycles. The van der Waals surface area contributed by atoms with Crippen LogP contribution in [0.5, 0.6) is 11.5 Å². The minimum atomic E-state index is 0.113. The van der Waals surface area contributed by atoms with Crippen LogP contribution >= 0.6 is 0 Å². The molecule has 4 rings (SSSR count). The number of aldehydes is 1. The monoisotopic (exact) mass is 328 g/mol. The molecule has 0 unspecified atom stereocenters. The number of phenols is 2. The van der Waals surface area contributed by atoms with E-state index in [-0.39, 0.29) is 11.5 Å². The fourth-order valence-electron chi connectivity index (χ4n) is 3.38. The standard InChI is InChI=1S/C22H16O3/c23-12-11-14-5-8-18-16(13-14)7-10-20(25)22(18)21-17-4-2-1-3-15(17)6-9-19(21)24/h1-10,12-13,24-25H,11H2. The van der Waals surface area contributed by atoms with Gasteiger partial charge in [0.2, 0.25) is 0 Å². The number of hydrogen-bond acceptors (Lipinski definition) is 3. The van der Waals surface area contributed by atoms with Crippen molar-refractivity contribution < 1.29 is 15.0 Å². The van der Waals surface area contributed by atoms with Crippen molar-refractivity contribution in [3.05, 3.63) is 72.3 Å². The predicted molar refractivity (Wildman–Crippen MR) is 100.0 cm³/mol. The van der Waals surface area contributed by atoms with E-state index < -0.39 is 0 Å². The summed E-state index contributed by atoms with van der Waals surface area (Å²) in [5.74, 6) is 0.237. The Morgan fingerprint density at radius 3 is 2.08 bits per heavy atom. The molecule has 0 aliphatic heterocycles. The van der Waals surface area contributed by atoms with Crippen molar-refractivity contribution in [2.75, 3.05) is 0 Å². The van der Waals surface area contributed by atoms with Crippen LogP contribution in [-0.2, 0) is 11.2 Å². The SMILES string of the molecule is O=CCc1ccc2c(-c3c(O)ccc4ccccc34)c(O)ccc2c1. The summed E-state index contributed by atoms with van der Waals surface area (Å²) >= 11 is 0. The number of carbonyl (C=O) groups is 1. The van der Waals surface area contributed by atoms with E-state index in [9.17, 15) is 15.0 Å². The van der Waals surface area contributed by atoms with Gasteiger partial charge in [-0.2, -0.15) is 0 Å². The Morgan fingerprint density at radius 1 is 0.720 bits per heavy atom. The molecular formula is C22H16O3. The average Bonchev–Trinajstić information content (AvgIpc) is 2.63. The highest BCUT2D eigenvalue weighted by molar-refractivity contribution is 6.09. The first-order chi connectivity index (χ1) is 12.2. The average molecular weight is 328 g/mol. The maximum absolute atomic E-state index is 10.8. The first-order valence-corrected chi connectivity index (χ1v) is 8.08. The van der Waals surface area contributed by atoms with E-state index in [0.717, 1.165) is 33.4 Å². The fourth-order valence-corrected chi connectivity index (χ4v) is 3.38. The summed E-state index contributed by atoms with van der Waals surface area (Å²) in [4.78, 5) is 10.8. The lowest BCUT2D eigenvalue weighted by molar-refractivity contribution is -0.107. The Labute approximate surface area is 144 Å². The number of phenolic OH excluding ortho intramolecular Hbond substituents is 2. The predicted octanol–water partition coefficient (Wildman–Crippen LogP) is 4.81. The van der Waals surface area contributed by atoms with E-state index in [1.54, 1.807) is 12.1 Å². The zero-order chi connectivity index (χ0) is 17.4. The molecule has 0 aliphatic carbocycles. The summed E-state index contributed by atoms with van der Waals surface area (Å²) < 4.78 is 0. The second-order valence-electron chi connectivity index (χ2n) is 6.07. The van der Waals surface area contributed by atoms with E-state index in [1.807, 2.05) is 54.6 Å². The smallest absolute Gasteiger partial charge is 0.124 e. The van der Waals surface area contributed by atoms with E-state index in [4.69, 9.17) is 0 Å². The van der Waals surface area contributed by atoms with E-state index in [1.165, 1.54) is 0 Å². The Morgan fingerprint density at radius 2 is 1.36 bits per heavy atom. The maximum atomic E-state index is 10.8. The topological polar surface area (TPSA) is 57.5 Å². The van der Waals surface area contributed by atoms with E-state index in [0.29, 0.717) is 17.5 Å². The van der Waals surface area contributed by atoms with Gasteiger partial charge in [-0.3, -0.25) is 0 Å². The molecule has 0 amide bonds. The van der Waals surface area contributed by atoms with Crippen molar-refractivity contribution in [1.29, 1.82) is 0 Å². The van der Waals surface area contributed by atoms with Crippen molar-refractivity contribution >= 4 is 27.8 Å². The van der Waals surface area contributed by atoms with Crippen molar-refractivity contribution in [3.63, 3.8) is 0 Å². The number of rotatable bonds is 3. The molecule has 0 bridgehead atoms. The highest BCUT2D eigenvalue weighted by Crippen LogP contribution is 2.44. The molecule has 0 saturated heterocycles. The molecule has 0 aliphatic rings. The first kappa shape index (κ1) is 15.2. The normalized spacial score (nSPS) is 11.0. The molecule has 0 aromatic heterocycles. The van der Waals surface area contributed by atoms with Gasteiger partial charge in [0, 0.05) is 17.5 Å². The quantitative estimate of drug-likeness (QED) is 0.530. The summed E-state index contributed by atoms with van der Waals surface area (Å²) in [7, 11) is 0. The summed E-state index contributed by atoms with van der Waals surface area (Å²) in [6.07, 6.45) is 1.23. The van der Waals surface area contributed by atoms with Gasteiger partial charge < -0.3 is 15.0 Å². The largest absolute Gasteiger partial charge is 0.507 e. The number of aromatic hydroxyl groups is 2. The summed E-state index contributed by atoms with van der Waals surface area (Å²) in [5.41, 5.74) is 2.13. The van der Waals surface area contributed by atoms with Crippen LogP contribution in [0.1, 0.15) is 5.56 Å². The lowest BCUT2D eigenvalue weighted by Crippen LogP contribution is -1.89. The molecular weight excluding hydrogens is 312 g/mol. The molecule has 0 spiro atoms. The Kier molecular flexibility index (Phi) is 3.62. The van der Waals surface area contributed by atoms with Gasteiger partial charge in [0.25, 0.3) is 0 Å². The van der Waals surface area contributed by atoms with Crippen molar-refractivity contribution in [1.82, 2.24) is 0 Å². The molecule has 0 heterocycles. The Hall–Kier alpha value is -3.33. The van der Waals surface area contributed by atoms with Crippen LogP contribution in [0.4, 0.5) is 0 Å². The molecule has 3 nitrogen and oxygen atoms in total. The highest BCUT2D eigenvalue weighted by Gasteiger charge is 2.16. The lowest BCUT2D eigenvalue weighted by Gasteiger charge is -2.14. The number of carbonyl (C=O) groups excluding carboxylic acids is 1. The summed E-state index contributed by atoms with van der Waals surface area (Å²) in [6.45, 7) is 0. The van der Waals surface area contributed by atoms with Crippen LogP contribution in [-0.4, -0.2) is 16.5 Å². The van der Waals surface area contributed by atoms with Crippen molar-refractivity contribution in [2.24, 2.45) is 0 Å². The molecule has 4 aromatic rings. The van der Waals surface area contributed by atoms with Gasteiger partial charge in [-0.15, -0.1) is 0 Å². The molecule has 2 N–H and O–H groups in total.